The van der Waals surface area contributed by atoms with Crippen LogP contribution in [-0.2, 0) is 0 Å². The Morgan fingerprint density at radius 2 is 2.09 bits per heavy atom. The molecule has 0 radical (unpaired) electrons. The number of nitrogens with zero attached hydrogens (tertiary/aromatic N) is 1. The topological polar surface area (TPSA) is 72.0 Å². The monoisotopic (exact) mass is 332 g/mol. The number of H-pyrrole nitrogens is 1. The third-order valence-electron chi connectivity index (χ3n) is 3.06. The number of ketones is 1. The van der Waals surface area contributed by atoms with Crippen LogP contribution in [0, 0.1) is 0 Å². The van der Waals surface area contributed by atoms with Crippen molar-refractivity contribution in [2.45, 2.75) is 5.16 Å². The first-order valence-electron chi connectivity index (χ1n) is 6.45. The summed E-state index contributed by atoms with van der Waals surface area (Å²) in [6.45, 7) is 0. The van der Waals surface area contributed by atoms with Gasteiger partial charge in [0.25, 0.3) is 5.56 Å². The standard InChI is InChI=1S/C15H12N2O3S2/c1-20-10-4-2-9(3-5-10)12(18)8-22-15-16-13(19)11-6-7-21-14(11)17-15/h2-7H,8H2,1H3,(H,16,17,19). The van der Waals surface area contributed by atoms with E-state index in [4.69, 9.17) is 4.74 Å². The number of rotatable bonds is 5. The van der Waals surface area contributed by atoms with Crippen LogP contribution in [0.4, 0.5) is 0 Å². The molecule has 112 valence electrons. The van der Waals surface area contributed by atoms with Crippen LogP contribution in [0.15, 0.2) is 45.7 Å². The molecule has 2 heterocycles. The number of fused-ring (bicyclic) bond motifs is 1. The molecule has 0 saturated heterocycles. The number of carbonyl (C=O) groups is 1. The lowest BCUT2D eigenvalue weighted by Gasteiger charge is -2.03. The lowest BCUT2D eigenvalue weighted by atomic mass is 10.1. The average molecular weight is 332 g/mol. The molecule has 0 spiro atoms. The summed E-state index contributed by atoms with van der Waals surface area (Å²) in [6, 6.07) is 8.68. The van der Waals surface area contributed by atoms with E-state index in [0.29, 0.717) is 26.7 Å². The smallest absolute Gasteiger partial charge is 0.260 e. The molecule has 0 aliphatic heterocycles. The molecule has 1 aromatic carbocycles. The minimum atomic E-state index is -0.175. The largest absolute Gasteiger partial charge is 0.497 e. The molecule has 1 N–H and O–H groups in total. The van der Waals surface area contributed by atoms with Gasteiger partial charge in [-0.1, -0.05) is 11.8 Å². The van der Waals surface area contributed by atoms with Crippen LogP contribution in [-0.4, -0.2) is 28.6 Å². The van der Waals surface area contributed by atoms with Gasteiger partial charge in [-0.25, -0.2) is 4.98 Å². The molecule has 3 rings (SSSR count). The van der Waals surface area contributed by atoms with Crippen LogP contribution in [0.1, 0.15) is 10.4 Å². The Hall–Kier alpha value is -2.12. The molecule has 5 nitrogen and oxygen atoms in total. The van der Waals surface area contributed by atoms with Crippen LogP contribution in [0.5, 0.6) is 5.75 Å². The number of hydrogen-bond acceptors (Lipinski definition) is 6. The van der Waals surface area contributed by atoms with Crippen LogP contribution >= 0.6 is 23.1 Å². The number of Topliss-reactive ketones (excluding diaryl/α,β-unsaturated/α-hetero) is 1. The van der Waals surface area contributed by atoms with Crippen molar-refractivity contribution >= 4 is 39.1 Å². The summed E-state index contributed by atoms with van der Waals surface area (Å²) >= 11 is 2.63. The van der Waals surface area contributed by atoms with Gasteiger partial charge in [-0.3, -0.25) is 9.59 Å². The van der Waals surface area contributed by atoms with Gasteiger partial charge < -0.3 is 9.72 Å². The van der Waals surface area contributed by atoms with Crippen LogP contribution in [0.2, 0.25) is 0 Å². The van der Waals surface area contributed by atoms with Gasteiger partial charge in [-0.05, 0) is 35.7 Å². The molecule has 0 unspecified atom stereocenters. The minimum Gasteiger partial charge on any atom is -0.497 e. The molecule has 0 saturated carbocycles. The van der Waals surface area contributed by atoms with Gasteiger partial charge in [0.1, 0.15) is 10.6 Å². The first-order chi connectivity index (χ1) is 10.7. The Kier molecular flexibility index (Phi) is 4.26. The maximum atomic E-state index is 12.1. The highest BCUT2D eigenvalue weighted by molar-refractivity contribution is 7.99. The molecule has 0 aliphatic carbocycles. The van der Waals surface area contributed by atoms with Gasteiger partial charge in [-0.15, -0.1) is 11.3 Å². The first kappa shape index (κ1) is 14.8. The maximum absolute atomic E-state index is 12.1. The van der Waals surface area contributed by atoms with Crippen LogP contribution in [0.3, 0.4) is 0 Å². The van der Waals surface area contributed by atoms with Crippen LogP contribution in [0.25, 0.3) is 10.2 Å². The summed E-state index contributed by atoms with van der Waals surface area (Å²) in [6.07, 6.45) is 0. The van der Waals surface area contributed by atoms with E-state index in [1.165, 1.54) is 23.1 Å². The number of aromatic nitrogens is 2. The van der Waals surface area contributed by atoms with Crippen LogP contribution < -0.4 is 10.3 Å². The van der Waals surface area contributed by atoms with Gasteiger partial charge >= 0.3 is 0 Å². The molecule has 0 aliphatic rings. The number of nitrogens with one attached hydrogen (secondary N) is 1. The van der Waals surface area contributed by atoms with Crippen molar-refractivity contribution in [2.24, 2.45) is 0 Å². The normalized spacial score (nSPS) is 10.8. The lowest BCUT2D eigenvalue weighted by molar-refractivity contribution is 0.102. The molecule has 0 fully saturated rings. The summed E-state index contributed by atoms with van der Waals surface area (Å²) in [7, 11) is 1.58. The number of carbonyl (C=O) groups excluding carboxylic acids is 1. The van der Waals surface area contributed by atoms with E-state index in [-0.39, 0.29) is 17.1 Å². The van der Waals surface area contributed by atoms with E-state index in [1.807, 2.05) is 5.38 Å². The number of hydrogen-bond donors (Lipinski definition) is 1. The minimum absolute atomic E-state index is 0.0263. The Morgan fingerprint density at radius 3 is 2.82 bits per heavy atom. The summed E-state index contributed by atoms with van der Waals surface area (Å²) < 4.78 is 5.06. The van der Waals surface area contributed by atoms with Crippen molar-refractivity contribution < 1.29 is 9.53 Å². The first-order valence-corrected chi connectivity index (χ1v) is 8.31. The zero-order chi connectivity index (χ0) is 15.5. The highest BCUT2D eigenvalue weighted by atomic mass is 32.2. The summed E-state index contributed by atoms with van der Waals surface area (Å²) in [5.41, 5.74) is 0.429. The highest BCUT2D eigenvalue weighted by Crippen LogP contribution is 2.20. The quantitative estimate of drug-likeness (QED) is 0.442. The number of thiophene rings is 1. The van der Waals surface area contributed by atoms with Gasteiger partial charge in [-0.2, -0.15) is 0 Å². The second-order valence-electron chi connectivity index (χ2n) is 4.45. The summed E-state index contributed by atoms with van der Waals surface area (Å²) in [5, 5.41) is 2.86. The lowest BCUT2D eigenvalue weighted by Crippen LogP contribution is -2.09. The van der Waals surface area contributed by atoms with Crippen molar-refractivity contribution in [1.29, 1.82) is 0 Å². The molecule has 22 heavy (non-hydrogen) atoms. The van der Waals surface area contributed by atoms with Gasteiger partial charge in [0.05, 0.1) is 18.2 Å². The Bertz CT molecular complexity index is 868. The average Bonchev–Trinajstić information content (AvgIpc) is 3.02. The Labute approximate surface area is 134 Å². The summed E-state index contributed by atoms with van der Waals surface area (Å²) in [5.74, 6) is 0.895. The molecular formula is C15H12N2O3S2. The predicted octanol–water partition coefficient (Wildman–Crippen LogP) is 2.97. The third kappa shape index (κ3) is 3.05. The fraction of sp³-hybridized carbons (Fsp3) is 0.133. The molecule has 3 aromatic rings. The fourth-order valence-corrected chi connectivity index (χ4v) is 3.49. The van der Waals surface area contributed by atoms with Crippen molar-refractivity contribution in [2.75, 3.05) is 12.9 Å². The second-order valence-corrected chi connectivity index (χ2v) is 6.31. The van der Waals surface area contributed by atoms with Gasteiger partial charge in [0, 0.05) is 5.56 Å². The van der Waals surface area contributed by atoms with Crippen molar-refractivity contribution in [1.82, 2.24) is 9.97 Å². The number of thioether (sulfide) groups is 1. The van der Waals surface area contributed by atoms with Crippen molar-refractivity contribution in [3.63, 3.8) is 0 Å². The van der Waals surface area contributed by atoms with E-state index in [9.17, 15) is 9.59 Å². The molecular weight excluding hydrogens is 320 g/mol. The molecule has 2 aromatic heterocycles. The Morgan fingerprint density at radius 1 is 1.32 bits per heavy atom. The van der Waals surface area contributed by atoms with Crippen molar-refractivity contribution in [3.05, 3.63) is 51.6 Å². The molecule has 7 heteroatoms. The maximum Gasteiger partial charge on any atom is 0.260 e. The van der Waals surface area contributed by atoms with E-state index in [1.54, 1.807) is 37.4 Å². The van der Waals surface area contributed by atoms with E-state index in [0.717, 1.165) is 0 Å². The van der Waals surface area contributed by atoms with E-state index >= 15 is 0 Å². The SMILES string of the molecule is COc1ccc(C(=O)CSc2nc3sccc3c(=O)[nH]2)cc1. The number of methoxy groups -OCH3 is 1. The molecule has 0 atom stereocenters. The van der Waals surface area contributed by atoms with Gasteiger partial charge in [0.2, 0.25) is 0 Å². The summed E-state index contributed by atoms with van der Waals surface area (Å²) in [4.78, 5) is 31.7. The zero-order valence-corrected chi connectivity index (χ0v) is 13.3. The highest BCUT2D eigenvalue weighted by Gasteiger charge is 2.10. The second kappa shape index (κ2) is 6.33. The number of aromatic amines is 1. The fourth-order valence-electron chi connectivity index (χ4n) is 1.91. The van der Waals surface area contributed by atoms with Gasteiger partial charge in [0.15, 0.2) is 10.9 Å². The zero-order valence-electron chi connectivity index (χ0n) is 11.7. The molecule has 0 amide bonds. The Balaban J connectivity index is 1.72. The molecule has 0 bridgehead atoms. The van der Waals surface area contributed by atoms with E-state index < -0.39 is 0 Å². The number of ether oxygens (including phenoxy) is 1. The predicted molar refractivity (Wildman–Crippen MR) is 88.3 cm³/mol. The van der Waals surface area contributed by atoms with E-state index in [2.05, 4.69) is 9.97 Å². The number of benzene rings is 1. The van der Waals surface area contributed by atoms with Crippen molar-refractivity contribution in [3.8, 4) is 5.75 Å². The third-order valence-corrected chi connectivity index (χ3v) is 4.74.